The van der Waals surface area contributed by atoms with Gasteiger partial charge < -0.3 is 5.73 Å². The molecule has 1 aromatic rings. The summed E-state index contributed by atoms with van der Waals surface area (Å²) in [4.78, 5) is 0. The summed E-state index contributed by atoms with van der Waals surface area (Å²) >= 11 is 5.02. The molecule has 0 radical (unpaired) electrons. The van der Waals surface area contributed by atoms with Crippen LogP contribution >= 0.6 is 27.3 Å². The molecule has 1 heterocycles. The molecule has 44 valence electrons. The molecule has 0 saturated carbocycles. The molecule has 1 nitrogen and oxygen atoms in total. The lowest BCUT2D eigenvalue weighted by Crippen LogP contribution is -1.93. The van der Waals surface area contributed by atoms with E-state index in [0.29, 0.717) is 6.54 Å². The molecule has 0 atom stereocenters. The smallest absolute Gasteiger partial charge is 0.0327 e. The van der Waals surface area contributed by atoms with Crippen LogP contribution in [0, 0.1) is 0 Å². The summed E-state index contributed by atoms with van der Waals surface area (Å²) in [5.41, 5.74) is 6.56. The Morgan fingerprint density at radius 1 is 1.62 bits per heavy atom. The average molecular weight is 192 g/mol. The molecule has 0 aliphatic heterocycles. The summed E-state index contributed by atoms with van der Waals surface area (Å²) in [5.74, 6) is 0. The molecule has 1 aromatic heterocycles. The predicted molar refractivity (Wildman–Crippen MR) is 39.9 cm³/mol. The molecule has 0 aromatic carbocycles. The highest BCUT2D eigenvalue weighted by atomic mass is 79.9. The van der Waals surface area contributed by atoms with Crippen LogP contribution in [0.2, 0.25) is 0 Å². The summed E-state index contributed by atoms with van der Waals surface area (Å²) in [7, 11) is 0. The van der Waals surface area contributed by atoms with Gasteiger partial charge in [-0.05, 0) is 26.9 Å². The number of rotatable bonds is 1. The minimum atomic E-state index is 0.629. The van der Waals surface area contributed by atoms with Crippen LogP contribution in [0.5, 0.6) is 0 Å². The highest BCUT2D eigenvalue weighted by Crippen LogP contribution is 2.19. The van der Waals surface area contributed by atoms with Crippen molar-refractivity contribution in [2.24, 2.45) is 5.73 Å². The van der Waals surface area contributed by atoms with Crippen LogP contribution in [-0.2, 0) is 6.54 Å². The summed E-state index contributed by atoms with van der Waals surface area (Å²) in [6.07, 6.45) is 0. The first kappa shape index (κ1) is 6.26. The standard InChI is InChI=1S/C5H6BrNS/c6-5-3-8-2-4(5)1-7/h2-3H,1,7H2. The van der Waals surface area contributed by atoms with Crippen LogP contribution < -0.4 is 5.73 Å². The van der Waals surface area contributed by atoms with Crippen molar-refractivity contribution in [1.29, 1.82) is 0 Å². The number of nitrogens with two attached hydrogens (primary N) is 1. The van der Waals surface area contributed by atoms with Gasteiger partial charge in [0.2, 0.25) is 0 Å². The second-order valence-electron chi connectivity index (χ2n) is 1.45. The normalized spacial score (nSPS) is 9.75. The molecule has 0 aliphatic carbocycles. The summed E-state index contributed by atoms with van der Waals surface area (Å²) in [6, 6.07) is 0. The van der Waals surface area contributed by atoms with Crippen molar-refractivity contribution in [3.8, 4) is 0 Å². The second-order valence-corrected chi connectivity index (χ2v) is 3.05. The third-order valence-electron chi connectivity index (χ3n) is 0.908. The first-order valence-electron chi connectivity index (χ1n) is 2.25. The molecule has 0 amide bonds. The van der Waals surface area contributed by atoms with Crippen LogP contribution in [0.25, 0.3) is 0 Å². The van der Waals surface area contributed by atoms with Gasteiger partial charge in [0.15, 0.2) is 0 Å². The van der Waals surface area contributed by atoms with E-state index in [9.17, 15) is 0 Å². The average Bonchev–Trinajstić information content (AvgIpc) is 2.14. The highest BCUT2D eigenvalue weighted by molar-refractivity contribution is 9.10. The zero-order valence-electron chi connectivity index (χ0n) is 4.23. The van der Waals surface area contributed by atoms with Gasteiger partial charge in [-0.15, -0.1) is 0 Å². The molecule has 1 rings (SSSR count). The fourth-order valence-corrected chi connectivity index (χ4v) is 1.93. The number of halogens is 1. The van der Waals surface area contributed by atoms with Crippen LogP contribution in [-0.4, -0.2) is 0 Å². The maximum Gasteiger partial charge on any atom is 0.0327 e. The fourth-order valence-electron chi connectivity index (χ4n) is 0.453. The van der Waals surface area contributed by atoms with Crippen molar-refractivity contribution in [2.75, 3.05) is 0 Å². The Bertz CT molecular complexity index is 173. The van der Waals surface area contributed by atoms with Gasteiger partial charge in [-0.1, -0.05) is 0 Å². The van der Waals surface area contributed by atoms with Gasteiger partial charge in [0.1, 0.15) is 0 Å². The zero-order valence-corrected chi connectivity index (χ0v) is 6.63. The van der Waals surface area contributed by atoms with Crippen LogP contribution in [0.1, 0.15) is 5.56 Å². The molecular formula is C5H6BrNS. The zero-order chi connectivity index (χ0) is 5.98. The van der Waals surface area contributed by atoms with E-state index in [1.165, 1.54) is 5.56 Å². The van der Waals surface area contributed by atoms with Gasteiger partial charge in [-0.3, -0.25) is 0 Å². The quantitative estimate of drug-likeness (QED) is 0.723. The Labute approximate surface area is 60.6 Å². The molecule has 0 fully saturated rings. The van der Waals surface area contributed by atoms with Crippen molar-refractivity contribution < 1.29 is 0 Å². The van der Waals surface area contributed by atoms with E-state index in [-0.39, 0.29) is 0 Å². The lowest BCUT2D eigenvalue weighted by Gasteiger charge is -1.86. The van der Waals surface area contributed by atoms with Gasteiger partial charge in [-0.25, -0.2) is 0 Å². The fraction of sp³-hybridized carbons (Fsp3) is 0.200. The molecule has 0 aliphatic rings. The molecule has 0 bridgehead atoms. The predicted octanol–water partition coefficient (Wildman–Crippen LogP) is 1.97. The molecule has 8 heavy (non-hydrogen) atoms. The molecule has 0 unspecified atom stereocenters. The van der Waals surface area contributed by atoms with E-state index < -0.39 is 0 Å². The maximum absolute atomic E-state index is 5.37. The first-order chi connectivity index (χ1) is 3.84. The number of hydrogen-bond acceptors (Lipinski definition) is 2. The lowest BCUT2D eigenvalue weighted by atomic mass is 10.4. The molecule has 3 heteroatoms. The van der Waals surface area contributed by atoms with Crippen molar-refractivity contribution >= 4 is 27.3 Å². The summed E-state index contributed by atoms with van der Waals surface area (Å²) in [6.45, 7) is 0.629. The third-order valence-corrected chi connectivity index (χ3v) is 2.74. The maximum atomic E-state index is 5.37. The van der Waals surface area contributed by atoms with Gasteiger partial charge in [0.25, 0.3) is 0 Å². The Balaban J connectivity index is 2.92. The minimum absolute atomic E-state index is 0.629. The van der Waals surface area contributed by atoms with Crippen LogP contribution in [0.3, 0.4) is 0 Å². The van der Waals surface area contributed by atoms with Crippen molar-refractivity contribution in [3.63, 3.8) is 0 Å². The van der Waals surface area contributed by atoms with Crippen molar-refractivity contribution in [2.45, 2.75) is 6.54 Å². The van der Waals surface area contributed by atoms with Crippen LogP contribution in [0.4, 0.5) is 0 Å². The minimum Gasteiger partial charge on any atom is -0.326 e. The van der Waals surface area contributed by atoms with Crippen LogP contribution in [0.15, 0.2) is 15.2 Å². The van der Waals surface area contributed by atoms with Crippen molar-refractivity contribution in [3.05, 3.63) is 20.8 Å². The van der Waals surface area contributed by atoms with E-state index >= 15 is 0 Å². The van der Waals surface area contributed by atoms with E-state index in [4.69, 9.17) is 5.73 Å². The summed E-state index contributed by atoms with van der Waals surface area (Å²) in [5, 5.41) is 4.08. The van der Waals surface area contributed by atoms with Gasteiger partial charge >= 0.3 is 0 Å². The van der Waals surface area contributed by atoms with Crippen molar-refractivity contribution in [1.82, 2.24) is 0 Å². The topological polar surface area (TPSA) is 26.0 Å². The third kappa shape index (κ3) is 1.10. The van der Waals surface area contributed by atoms with Gasteiger partial charge in [-0.2, -0.15) is 11.3 Å². The van der Waals surface area contributed by atoms with Gasteiger partial charge in [0.05, 0.1) is 0 Å². The van der Waals surface area contributed by atoms with E-state index in [1.807, 2.05) is 10.8 Å². The summed E-state index contributed by atoms with van der Waals surface area (Å²) < 4.78 is 1.13. The highest BCUT2D eigenvalue weighted by Gasteiger charge is 1.94. The number of thiophene rings is 1. The Morgan fingerprint density at radius 2 is 2.38 bits per heavy atom. The van der Waals surface area contributed by atoms with E-state index in [2.05, 4.69) is 15.9 Å². The molecule has 0 saturated heterocycles. The monoisotopic (exact) mass is 191 g/mol. The number of hydrogen-bond donors (Lipinski definition) is 1. The largest absolute Gasteiger partial charge is 0.326 e. The van der Waals surface area contributed by atoms with E-state index in [0.717, 1.165) is 4.47 Å². The lowest BCUT2D eigenvalue weighted by molar-refractivity contribution is 1.07. The van der Waals surface area contributed by atoms with E-state index in [1.54, 1.807) is 11.3 Å². The molecule has 0 spiro atoms. The van der Waals surface area contributed by atoms with Gasteiger partial charge in [0, 0.05) is 16.4 Å². The second kappa shape index (κ2) is 2.62. The first-order valence-corrected chi connectivity index (χ1v) is 3.99. The Hall–Kier alpha value is 0.140. The molecular weight excluding hydrogens is 186 g/mol. The Kier molecular flexibility index (Phi) is 2.05. The SMILES string of the molecule is NCc1cscc1Br. The molecule has 2 N–H and O–H groups in total. The Morgan fingerprint density at radius 3 is 2.62 bits per heavy atom.